The van der Waals surface area contributed by atoms with Crippen molar-refractivity contribution in [3.05, 3.63) is 66.2 Å². The summed E-state index contributed by atoms with van der Waals surface area (Å²) in [5.74, 6) is 0. The summed E-state index contributed by atoms with van der Waals surface area (Å²) >= 11 is 0. The van der Waals surface area contributed by atoms with Gasteiger partial charge in [-0.15, -0.1) is 0 Å². The Morgan fingerprint density at radius 3 is 1.78 bits per heavy atom. The number of aromatic amines is 2. The van der Waals surface area contributed by atoms with Gasteiger partial charge in [-0.1, -0.05) is 0 Å². The molecule has 0 radical (unpaired) electrons. The van der Waals surface area contributed by atoms with Crippen molar-refractivity contribution in [2.45, 2.75) is 49.1 Å². The van der Waals surface area contributed by atoms with Gasteiger partial charge in [0.25, 0.3) is 11.1 Å². The van der Waals surface area contributed by atoms with Crippen LogP contribution in [0.2, 0.25) is 0 Å². The molecule has 4 rings (SSSR count). The summed E-state index contributed by atoms with van der Waals surface area (Å²) in [6.07, 6.45) is -12.0. The number of ether oxygens (including phenoxy) is 2. The van der Waals surface area contributed by atoms with Gasteiger partial charge in [0.15, 0.2) is 12.5 Å². The van der Waals surface area contributed by atoms with Gasteiger partial charge in [-0.2, -0.15) is 0 Å². The van der Waals surface area contributed by atoms with E-state index in [0.29, 0.717) is 4.57 Å². The van der Waals surface area contributed by atoms with Gasteiger partial charge in [0, 0.05) is 24.5 Å². The fourth-order valence-electron chi connectivity index (χ4n) is 4.07. The van der Waals surface area contributed by atoms with Gasteiger partial charge in [0.1, 0.15) is 36.6 Å². The molecule has 9 atom stereocenters. The van der Waals surface area contributed by atoms with Crippen LogP contribution in [0, 0.1) is 0 Å². The van der Waals surface area contributed by atoms with Crippen LogP contribution in [0.25, 0.3) is 0 Å². The molecule has 4 heterocycles. The first-order valence-electron chi connectivity index (χ1n) is 11.4. The van der Waals surface area contributed by atoms with Gasteiger partial charge in [-0.25, -0.2) is 18.7 Å². The predicted molar refractivity (Wildman–Crippen MR) is 127 cm³/mol. The Kier molecular flexibility index (Phi) is 9.12. The van der Waals surface area contributed by atoms with Crippen LogP contribution in [0.4, 0.5) is 0 Å². The fraction of sp³-hybridized carbons (Fsp3) is 0.556. The number of phosphoric ester groups is 2. The summed E-state index contributed by atoms with van der Waals surface area (Å²) in [5, 5.41) is 31.2. The van der Waals surface area contributed by atoms with Crippen molar-refractivity contribution < 1.29 is 62.2 Å². The standard InChI is InChI=1S/C18H24N4O17P2/c23-9-1-3-21(17(28)19-9)15-13(27)11(25)7(37-15)6-36-41(33,34)39-14-12(26)8(5-35-40(30,31)32)38-16(14)22-4-2-10(24)20-18(22)29/h1-4,7-8,11-16,25-27H,5-6H2,(H,33,34)(H,19,23,28)(H,20,24,29)(H2,30,31,32)/t7-,8-,11-,12-,13-,14-,15-,16-/m1/s1. The molecule has 0 saturated carbocycles. The average molecular weight is 630 g/mol. The zero-order chi connectivity index (χ0) is 30.3. The summed E-state index contributed by atoms with van der Waals surface area (Å²) in [5.41, 5.74) is -3.65. The Balaban J connectivity index is 1.49. The highest BCUT2D eigenvalue weighted by Crippen LogP contribution is 2.50. The molecule has 228 valence electrons. The molecular weight excluding hydrogens is 606 g/mol. The van der Waals surface area contributed by atoms with Gasteiger partial charge in [0.2, 0.25) is 0 Å². The van der Waals surface area contributed by atoms with Crippen molar-refractivity contribution in [1.29, 1.82) is 0 Å². The minimum atomic E-state index is -5.26. The molecule has 2 aromatic heterocycles. The molecule has 41 heavy (non-hydrogen) atoms. The van der Waals surface area contributed by atoms with Gasteiger partial charge in [0.05, 0.1) is 13.2 Å². The van der Waals surface area contributed by atoms with Crippen LogP contribution in [0.3, 0.4) is 0 Å². The molecule has 21 nitrogen and oxygen atoms in total. The quantitative estimate of drug-likeness (QED) is 0.115. The van der Waals surface area contributed by atoms with E-state index in [1.165, 1.54) is 0 Å². The molecular formula is C18H24N4O17P2. The summed E-state index contributed by atoms with van der Waals surface area (Å²) in [6.45, 7) is -1.89. The number of aliphatic hydroxyl groups excluding tert-OH is 3. The Morgan fingerprint density at radius 2 is 1.24 bits per heavy atom. The normalized spacial score (nSPS) is 31.8. The monoisotopic (exact) mass is 630 g/mol. The van der Waals surface area contributed by atoms with Crippen molar-refractivity contribution in [3.8, 4) is 0 Å². The highest BCUT2D eigenvalue weighted by molar-refractivity contribution is 7.47. The zero-order valence-corrected chi connectivity index (χ0v) is 22.1. The molecule has 0 aliphatic carbocycles. The number of hydrogen-bond donors (Lipinski definition) is 8. The minimum Gasteiger partial charge on any atom is -0.387 e. The summed E-state index contributed by atoms with van der Waals surface area (Å²) in [6, 6.07) is 1.82. The average Bonchev–Trinajstić information content (AvgIpc) is 3.31. The molecule has 0 aromatic carbocycles. The summed E-state index contributed by atoms with van der Waals surface area (Å²) < 4.78 is 50.2. The Hall–Kier alpha value is -2.62. The number of aliphatic hydroxyl groups is 3. The first-order valence-corrected chi connectivity index (χ1v) is 14.4. The number of nitrogens with one attached hydrogen (secondary N) is 2. The minimum absolute atomic E-state index is 0.652. The maximum absolute atomic E-state index is 12.8. The van der Waals surface area contributed by atoms with Crippen molar-refractivity contribution in [2.75, 3.05) is 13.2 Å². The third-order valence-electron chi connectivity index (χ3n) is 5.96. The second kappa shape index (κ2) is 11.9. The largest absolute Gasteiger partial charge is 0.472 e. The Labute approximate surface area is 226 Å². The van der Waals surface area contributed by atoms with Crippen molar-refractivity contribution in [1.82, 2.24) is 19.1 Å². The number of hydrogen-bond acceptors (Lipinski definition) is 14. The van der Waals surface area contributed by atoms with E-state index in [9.17, 15) is 48.5 Å². The zero-order valence-electron chi connectivity index (χ0n) is 20.3. The van der Waals surface area contributed by atoms with E-state index in [4.69, 9.17) is 28.3 Å². The number of phosphoric acid groups is 2. The van der Waals surface area contributed by atoms with Crippen LogP contribution in [0.1, 0.15) is 12.5 Å². The van der Waals surface area contributed by atoms with E-state index in [1.807, 2.05) is 9.97 Å². The molecule has 1 unspecified atom stereocenters. The second-order valence-electron chi connectivity index (χ2n) is 8.76. The highest BCUT2D eigenvalue weighted by atomic mass is 31.2. The lowest BCUT2D eigenvalue weighted by atomic mass is 10.1. The second-order valence-corrected chi connectivity index (χ2v) is 11.4. The van der Waals surface area contributed by atoms with Crippen molar-refractivity contribution in [2.24, 2.45) is 0 Å². The maximum atomic E-state index is 12.8. The van der Waals surface area contributed by atoms with Crippen LogP contribution in [0.15, 0.2) is 43.7 Å². The van der Waals surface area contributed by atoms with Crippen molar-refractivity contribution in [3.63, 3.8) is 0 Å². The number of rotatable bonds is 10. The molecule has 2 aromatic rings. The van der Waals surface area contributed by atoms with Gasteiger partial charge in [-0.05, 0) is 0 Å². The molecule has 2 aliphatic heterocycles. The predicted octanol–water partition coefficient (Wildman–Crippen LogP) is -4.42. The molecule has 0 amide bonds. The third kappa shape index (κ3) is 7.24. The molecule has 2 aliphatic rings. The number of aromatic nitrogens is 4. The van der Waals surface area contributed by atoms with Gasteiger partial charge in [-0.3, -0.25) is 42.3 Å². The maximum Gasteiger partial charge on any atom is 0.472 e. The topological polar surface area (TPSA) is 311 Å². The SMILES string of the molecule is O=c1ccn([C@@H]2O[C@H](COP(=O)(O)O[C@@H]3[C@H](O)[C@@H](COP(=O)(O)O)O[C@H]3n3ccc(=O)[nH]c3=O)[C@@H](O)[C@H]2O)c(=O)[nH]1. The summed E-state index contributed by atoms with van der Waals surface area (Å²) in [4.78, 5) is 79.0. The van der Waals surface area contributed by atoms with E-state index >= 15 is 0 Å². The van der Waals surface area contributed by atoms with Crippen LogP contribution in [-0.4, -0.2) is 98.9 Å². The smallest absolute Gasteiger partial charge is 0.387 e. The lowest BCUT2D eigenvalue weighted by molar-refractivity contribution is -0.0649. The molecule has 2 fully saturated rings. The molecule has 23 heteroatoms. The van der Waals surface area contributed by atoms with E-state index in [-0.39, 0.29) is 0 Å². The Morgan fingerprint density at radius 1 is 0.756 bits per heavy atom. The molecule has 0 spiro atoms. The van der Waals surface area contributed by atoms with Gasteiger partial charge < -0.3 is 39.5 Å². The molecule has 0 bridgehead atoms. The van der Waals surface area contributed by atoms with Crippen LogP contribution in [0.5, 0.6) is 0 Å². The summed E-state index contributed by atoms with van der Waals surface area (Å²) in [7, 11) is -10.3. The third-order valence-corrected chi connectivity index (χ3v) is 7.44. The number of nitrogens with zero attached hydrogens (tertiary/aromatic N) is 2. The van der Waals surface area contributed by atoms with Gasteiger partial charge >= 0.3 is 27.0 Å². The van der Waals surface area contributed by atoms with E-state index in [2.05, 4.69) is 4.52 Å². The van der Waals surface area contributed by atoms with Crippen molar-refractivity contribution >= 4 is 15.6 Å². The molecule has 8 N–H and O–H groups in total. The Bertz CT molecular complexity index is 1580. The lowest BCUT2D eigenvalue weighted by Gasteiger charge is -2.25. The fourth-order valence-corrected chi connectivity index (χ4v) is 5.34. The van der Waals surface area contributed by atoms with E-state index in [0.717, 1.165) is 29.1 Å². The first-order chi connectivity index (χ1) is 19.1. The van der Waals surface area contributed by atoms with E-state index in [1.54, 1.807) is 0 Å². The molecule has 2 saturated heterocycles. The van der Waals surface area contributed by atoms with Crippen LogP contribution in [-0.2, 0) is 32.2 Å². The van der Waals surface area contributed by atoms with Crippen LogP contribution < -0.4 is 22.5 Å². The van der Waals surface area contributed by atoms with E-state index < -0.39 is 100 Å². The number of H-pyrrole nitrogens is 2. The van der Waals surface area contributed by atoms with Crippen LogP contribution >= 0.6 is 15.6 Å². The highest BCUT2D eigenvalue weighted by Gasteiger charge is 2.51. The first kappa shape index (κ1) is 31.3. The lowest BCUT2D eigenvalue weighted by Crippen LogP contribution is -2.39.